The highest BCUT2D eigenvalue weighted by Crippen LogP contribution is 2.26. The van der Waals surface area contributed by atoms with E-state index >= 15 is 0 Å². The van der Waals surface area contributed by atoms with Crippen LogP contribution in [-0.4, -0.2) is 23.6 Å². The smallest absolute Gasteiger partial charge is 0.131 e. The van der Waals surface area contributed by atoms with Gasteiger partial charge in [0.05, 0.1) is 0 Å². The van der Waals surface area contributed by atoms with E-state index in [1.165, 1.54) is 55.5 Å². The normalized spacial score (nSPS) is 23.7. The van der Waals surface area contributed by atoms with Crippen molar-refractivity contribution < 1.29 is 0 Å². The summed E-state index contributed by atoms with van der Waals surface area (Å²) in [4.78, 5) is 7.29. The molecule has 1 aliphatic carbocycles. The Morgan fingerprint density at radius 1 is 1.25 bits per heavy atom. The number of rotatable bonds is 4. The van der Waals surface area contributed by atoms with Crippen LogP contribution in [0.4, 0.5) is 5.82 Å². The highest BCUT2D eigenvalue weighted by atomic mass is 15.2. The van der Waals surface area contributed by atoms with Gasteiger partial charge in [-0.15, -0.1) is 0 Å². The second-order valence-corrected chi connectivity index (χ2v) is 6.53. The molecule has 1 unspecified atom stereocenters. The Balaban J connectivity index is 1.71. The van der Waals surface area contributed by atoms with Gasteiger partial charge in [0.25, 0.3) is 0 Å². The molecule has 110 valence electrons. The number of nitrogens with one attached hydrogen (secondary N) is 1. The van der Waals surface area contributed by atoms with Crippen LogP contribution in [0.1, 0.15) is 56.6 Å². The van der Waals surface area contributed by atoms with Gasteiger partial charge in [-0.25, -0.2) is 4.98 Å². The number of aryl methyl sites for hydroxylation is 1. The van der Waals surface area contributed by atoms with E-state index in [9.17, 15) is 0 Å². The summed E-state index contributed by atoms with van der Waals surface area (Å²) < 4.78 is 0. The van der Waals surface area contributed by atoms with Crippen molar-refractivity contribution in [1.29, 1.82) is 0 Å². The first-order valence-corrected chi connectivity index (χ1v) is 8.19. The van der Waals surface area contributed by atoms with E-state index < -0.39 is 0 Å². The predicted octanol–water partition coefficient (Wildman–Crippen LogP) is 3.41. The molecule has 1 N–H and O–H groups in total. The third-order valence-electron chi connectivity index (χ3n) is 4.60. The van der Waals surface area contributed by atoms with Crippen molar-refractivity contribution >= 4 is 5.82 Å². The molecule has 3 rings (SSSR count). The summed E-state index contributed by atoms with van der Waals surface area (Å²) in [6, 6.07) is 3.70. The first kappa shape index (κ1) is 13.9. The average molecular weight is 273 g/mol. The van der Waals surface area contributed by atoms with Gasteiger partial charge in [0.2, 0.25) is 0 Å². The SMILES string of the molecule is Cc1cc(CNC2CC2)cnc1N1CCCCCC1C. The van der Waals surface area contributed by atoms with Gasteiger partial charge in [0.1, 0.15) is 5.82 Å². The van der Waals surface area contributed by atoms with Crippen LogP contribution in [-0.2, 0) is 6.54 Å². The number of hydrogen-bond donors (Lipinski definition) is 1. The molecule has 1 saturated heterocycles. The molecular formula is C17H27N3. The Labute approximate surface area is 122 Å². The van der Waals surface area contributed by atoms with E-state index in [2.05, 4.69) is 36.3 Å². The summed E-state index contributed by atoms with van der Waals surface area (Å²) in [6.45, 7) is 6.68. The van der Waals surface area contributed by atoms with Crippen LogP contribution in [0.25, 0.3) is 0 Å². The topological polar surface area (TPSA) is 28.2 Å². The molecule has 1 aromatic heterocycles. The Kier molecular flexibility index (Phi) is 4.25. The van der Waals surface area contributed by atoms with Gasteiger partial charge in [0.15, 0.2) is 0 Å². The van der Waals surface area contributed by atoms with Crippen molar-refractivity contribution in [3.05, 3.63) is 23.4 Å². The fourth-order valence-corrected chi connectivity index (χ4v) is 3.16. The molecule has 2 heterocycles. The molecule has 0 spiro atoms. The predicted molar refractivity (Wildman–Crippen MR) is 84.1 cm³/mol. The molecule has 1 aromatic rings. The lowest BCUT2D eigenvalue weighted by atomic mass is 10.1. The number of hydrogen-bond acceptors (Lipinski definition) is 3. The second-order valence-electron chi connectivity index (χ2n) is 6.53. The van der Waals surface area contributed by atoms with E-state index in [1.807, 2.05) is 0 Å². The third kappa shape index (κ3) is 3.32. The van der Waals surface area contributed by atoms with Crippen LogP contribution in [0.15, 0.2) is 12.3 Å². The van der Waals surface area contributed by atoms with Gasteiger partial charge in [0, 0.05) is 31.4 Å². The number of aromatic nitrogens is 1. The van der Waals surface area contributed by atoms with Crippen LogP contribution in [0.3, 0.4) is 0 Å². The molecule has 3 heteroatoms. The highest BCUT2D eigenvalue weighted by molar-refractivity contribution is 5.48. The Hall–Kier alpha value is -1.09. The van der Waals surface area contributed by atoms with Gasteiger partial charge >= 0.3 is 0 Å². The third-order valence-corrected chi connectivity index (χ3v) is 4.60. The summed E-state index contributed by atoms with van der Waals surface area (Å²) >= 11 is 0. The van der Waals surface area contributed by atoms with Crippen molar-refractivity contribution in [3.63, 3.8) is 0 Å². The molecule has 2 aliphatic rings. The van der Waals surface area contributed by atoms with Crippen LogP contribution in [0.2, 0.25) is 0 Å². The molecule has 0 amide bonds. The van der Waals surface area contributed by atoms with Crippen LogP contribution < -0.4 is 10.2 Å². The van der Waals surface area contributed by atoms with Gasteiger partial charge in [-0.2, -0.15) is 0 Å². The Bertz CT molecular complexity index is 454. The van der Waals surface area contributed by atoms with Crippen LogP contribution in [0, 0.1) is 6.92 Å². The molecular weight excluding hydrogens is 246 g/mol. The van der Waals surface area contributed by atoms with E-state index in [0.29, 0.717) is 6.04 Å². The lowest BCUT2D eigenvalue weighted by Crippen LogP contribution is -2.33. The molecule has 20 heavy (non-hydrogen) atoms. The number of anilines is 1. The fraction of sp³-hybridized carbons (Fsp3) is 0.706. The van der Waals surface area contributed by atoms with Gasteiger partial charge in [-0.1, -0.05) is 12.8 Å². The van der Waals surface area contributed by atoms with E-state index in [0.717, 1.165) is 19.1 Å². The first-order chi connectivity index (χ1) is 9.74. The highest BCUT2D eigenvalue weighted by Gasteiger charge is 2.21. The van der Waals surface area contributed by atoms with E-state index in [-0.39, 0.29) is 0 Å². The maximum absolute atomic E-state index is 4.78. The van der Waals surface area contributed by atoms with Crippen molar-refractivity contribution in [2.45, 2.75) is 71.0 Å². The monoisotopic (exact) mass is 273 g/mol. The van der Waals surface area contributed by atoms with Crippen molar-refractivity contribution in [2.24, 2.45) is 0 Å². The minimum atomic E-state index is 0.624. The number of nitrogens with zero attached hydrogens (tertiary/aromatic N) is 2. The second kappa shape index (κ2) is 6.13. The maximum atomic E-state index is 4.78. The molecule has 1 atom stereocenters. The molecule has 3 nitrogen and oxygen atoms in total. The summed E-state index contributed by atoms with van der Waals surface area (Å²) in [7, 11) is 0. The molecule has 1 aliphatic heterocycles. The zero-order valence-corrected chi connectivity index (χ0v) is 12.9. The summed E-state index contributed by atoms with van der Waals surface area (Å²) in [5, 5.41) is 3.56. The Morgan fingerprint density at radius 3 is 2.85 bits per heavy atom. The van der Waals surface area contributed by atoms with Gasteiger partial charge in [-0.05, 0) is 56.7 Å². The zero-order valence-electron chi connectivity index (χ0n) is 12.9. The minimum absolute atomic E-state index is 0.624. The summed E-state index contributed by atoms with van der Waals surface area (Å²) in [5.74, 6) is 1.20. The molecule has 0 bridgehead atoms. The van der Waals surface area contributed by atoms with E-state index in [1.54, 1.807) is 0 Å². The van der Waals surface area contributed by atoms with Gasteiger partial charge in [-0.3, -0.25) is 0 Å². The van der Waals surface area contributed by atoms with Crippen molar-refractivity contribution in [2.75, 3.05) is 11.4 Å². The molecule has 2 fully saturated rings. The average Bonchev–Trinajstić information content (AvgIpc) is 3.25. The lowest BCUT2D eigenvalue weighted by molar-refractivity contribution is 0.609. The number of pyridine rings is 1. The molecule has 0 aromatic carbocycles. The largest absolute Gasteiger partial charge is 0.354 e. The van der Waals surface area contributed by atoms with Crippen molar-refractivity contribution in [3.8, 4) is 0 Å². The standard InChI is InChI=1S/C17H27N3/c1-13-10-15(11-18-16-7-8-16)12-19-17(13)20-9-5-3-4-6-14(20)2/h10,12,14,16,18H,3-9,11H2,1-2H3. The summed E-state index contributed by atoms with van der Waals surface area (Å²) in [5.41, 5.74) is 2.65. The van der Waals surface area contributed by atoms with Crippen LogP contribution >= 0.6 is 0 Å². The van der Waals surface area contributed by atoms with E-state index in [4.69, 9.17) is 4.98 Å². The molecule has 0 radical (unpaired) electrons. The lowest BCUT2D eigenvalue weighted by Gasteiger charge is -2.29. The van der Waals surface area contributed by atoms with Gasteiger partial charge < -0.3 is 10.2 Å². The van der Waals surface area contributed by atoms with Crippen molar-refractivity contribution in [1.82, 2.24) is 10.3 Å². The fourth-order valence-electron chi connectivity index (χ4n) is 3.16. The van der Waals surface area contributed by atoms with Crippen LogP contribution in [0.5, 0.6) is 0 Å². The Morgan fingerprint density at radius 2 is 2.10 bits per heavy atom. The quantitative estimate of drug-likeness (QED) is 0.911. The maximum Gasteiger partial charge on any atom is 0.131 e. The first-order valence-electron chi connectivity index (χ1n) is 8.19. The minimum Gasteiger partial charge on any atom is -0.354 e. The summed E-state index contributed by atoms with van der Waals surface area (Å²) in [6.07, 6.45) is 10.1. The molecule has 1 saturated carbocycles. The zero-order chi connectivity index (χ0) is 13.9.